The third-order valence-corrected chi connectivity index (χ3v) is 5.96. The third kappa shape index (κ3) is 5.40. The lowest BCUT2D eigenvalue weighted by Gasteiger charge is -2.22. The zero-order valence-electron chi connectivity index (χ0n) is 20.4. The van der Waals surface area contributed by atoms with Crippen molar-refractivity contribution in [3.8, 4) is 17.2 Å². The highest BCUT2D eigenvalue weighted by Gasteiger charge is 2.19. The lowest BCUT2D eigenvalue weighted by molar-refractivity contribution is 0.101. The normalized spacial score (nSPS) is 12.2. The molecule has 5 nitrogen and oxygen atoms in total. The number of phenolic OH excluding ortho intramolecular Hbond substituents is 1. The number of methoxy groups -OCH3 is 1. The molecule has 0 aliphatic rings. The van der Waals surface area contributed by atoms with Gasteiger partial charge in [0.2, 0.25) is 0 Å². The molecule has 1 unspecified atom stereocenters. The van der Waals surface area contributed by atoms with Crippen LogP contribution in [-0.2, 0) is 6.54 Å². The molecule has 2 aromatic rings. The Morgan fingerprint density at radius 2 is 1.71 bits per heavy atom. The van der Waals surface area contributed by atoms with Crippen molar-refractivity contribution in [2.75, 3.05) is 13.7 Å². The quantitative estimate of drug-likeness (QED) is 0.516. The molecule has 0 amide bonds. The molecule has 0 spiro atoms. The Kier molecular flexibility index (Phi) is 8.13. The fourth-order valence-corrected chi connectivity index (χ4v) is 3.95. The largest absolute Gasteiger partial charge is 0.507 e. The molecule has 2 N–H and O–H groups in total. The summed E-state index contributed by atoms with van der Waals surface area (Å²) in [5.74, 6) is 2.28. The number of benzene rings is 2. The summed E-state index contributed by atoms with van der Waals surface area (Å²) in [5, 5.41) is 13.9. The van der Waals surface area contributed by atoms with Crippen LogP contribution >= 0.6 is 0 Å². The van der Waals surface area contributed by atoms with E-state index < -0.39 is 0 Å². The first kappa shape index (κ1) is 24.7. The Hall–Kier alpha value is -2.53. The van der Waals surface area contributed by atoms with Crippen LogP contribution in [0.5, 0.6) is 17.2 Å². The van der Waals surface area contributed by atoms with E-state index in [0.29, 0.717) is 18.8 Å². The smallest absolute Gasteiger partial charge is 0.160 e. The minimum atomic E-state index is -0.0773. The zero-order chi connectivity index (χ0) is 23.5. The number of hydrogen-bond donors (Lipinski definition) is 2. The molecule has 0 aliphatic carbocycles. The number of ketones is 1. The fraction of sp³-hybridized carbons (Fsp3) is 0.500. The molecule has 170 valence electrons. The van der Waals surface area contributed by atoms with Gasteiger partial charge in [-0.05, 0) is 87.4 Å². The van der Waals surface area contributed by atoms with Crippen LogP contribution < -0.4 is 14.8 Å². The van der Waals surface area contributed by atoms with Gasteiger partial charge in [0.1, 0.15) is 23.4 Å². The van der Waals surface area contributed by atoms with Crippen LogP contribution in [-0.4, -0.2) is 30.6 Å². The van der Waals surface area contributed by atoms with Gasteiger partial charge in [-0.2, -0.15) is 0 Å². The van der Waals surface area contributed by atoms with Crippen LogP contribution in [0.3, 0.4) is 0 Å². The van der Waals surface area contributed by atoms with Gasteiger partial charge in [-0.15, -0.1) is 0 Å². The Labute approximate surface area is 186 Å². The summed E-state index contributed by atoms with van der Waals surface area (Å²) in [6, 6.07) is 3.93. The number of phenols is 1. The number of ether oxygens (including phenoxy) is 2. The van der Waals surface area contributed by atoms with Crippen molar-refractivity contribution in [3.05, 3.63) is 51.1 Å². The van der Waals surface area contributed by atoms with Crippen LogP contribution in [0.4, 0.5) is 0 Å². The molecular weight excluding hydrogens is 390 g/mol. The second-order valence-electron chi connectivity index (χ2n) is 8.71. The van der Waals surface area contributed by atoms with E-state index in [4.69, 9.17) is 9.47 Å². The van der Waals surface area contributed by atoms with Gasteiger partial charge in [0.25, 0.3) is 0 Å². The average Bonchev–Trinajstić information content (AvgIpc) is 2.69. The minimum absolute atomic E-state index is 0.0710. The first-order valence-corrected chi connectivity index (χ1v) is 10.9. The molecule has 0 aromatic heterocycles. The monoisotopic (exact) mass is 427 g/mol. The molecule has 0 fully saturated rings. The zero-order valence-corrected chi connectivity index (χ0v) is 20.4. The SMILES string of the molecule is COc1c(C)c(C)c(O)c(C)c1CNCC(C)Oc1cc(C)c(C(C)=O)cc1C(C)C. The Morgan fingerprint density at radius 3 is 2.26 bits per heavy atom. The van der Waals surface area contributed by atoms with Crippen LogP contribution in [0.1, 0.15) is 77.4 Å². The first-order chi connectivity index (χ1) is 14.5. The number of nitrogens with one attached hydrogen (secondary N) is 1. The number of carbonyl (C=O) groups is 1. The van der Waals surface area contributed by atoms with Gasteiger partial charge in [0.15, 0.2) is 5.78 Å². The first-order valence-electron chi connectivity index (χ1n) is 10.9. The summed E-state index contributed by atoms with van der Waals surface area (Å²) < 4.78 is 11.9. The van der Waals surface area contributed by atoms with Crippen LogP contribution in [0.15, 0.2) is 12.1 Å². The summed E-state index contributed by atoms with van der Waals surface area (Å²) in [6.07, 6.45) is -0.0773. The summed E-state index contributed by atoms with van der Waals surface area (Å²) in [6.45, 7) is 16.7. The number of Topliss-reactive ketones (excluding diaryl/α,β-unsaturated/α-hetero) is 1. The highest BCUT2D eigenvalue weighted by molar-refractivity contribution is 5.96. The van der Waals surface area contributed by atoms with Crippen molar-refractivity contribution in [2.45, 2.75) is 74.0 Å². The summed E-state index contributed by atoms with van der Waals surface area (Å²) in [7, 11) is 1.66. The number of hydrogen-bond acceptors (Lipinski definition) is 5. The second kappa shape index (κ2) is 10.2. The maximum Gasteiger partial charge on any atom is 0.160 e. The minimum Gasteiger partial charge on any atom is -0.507 e. The van der Waals surface area contributed by atoms with E-state index in [1.54, 1.807) is 14.0 Å². The van der Waals surface area contributed by atoms with E-state index in [9.17, 15) is 9.90 Å². The van der Waals surface area contributed by atoms with Gasteiger partial charge in [-0.3, -0.25) is 4.79 Å². The average molecular weight is 428 g/mol. The van der Waals surface area contributed by atoms with E-state index in [-0.39, 0.29) is 17.8 Å². The lowest BCUT2D eigenvalue weighted by atomic mass is 9.95. The lowest BCUT2D eigenvalue weighted by Crippen LogP contribution is -2.29. The molecular formula is C26H37NO4. The fourth-order valence-electron chi connectivity index (χ4n) is 3.95. The van der Waals surface area contributed by atoms with Crippen molar-refractivity contribution >= 4 is 5.78 Å². The van der Waals surface area contributed by atoms with Gasteiger partial charge < -0.3 is 19.9 Å². The molecule has 0 radical (unpaired) electrons. The molecule has 0 heterocycles. The number of carbonyl (C=O) groups excluding carboxylic acids is 1. The van der Waals surface area contributed by atoms with E-state index in [1.165, 1.54) is 0 Å². The van der Waals surface area contributed by atoms with Gasteiger partial charge >= 0.3 is 0 Å². The topological polar surface area (TPSA) is 67.8 Å². The maximum absolute atomic E-state index is 11.9. The Balaban J connectivity index is 2.15. The highest BCUT2D eigenvalue weighted by Crippen LogP contribution is 2.37. The molecule has 0 aliphatic heterocycles. The molecule has 1 atom stereocenters. The standard InChI is InChI=1S/C26H37NO4/c1-14(2)21-11-22(20(8)28)15(3)10-24(21)31-16(4)12-27-13-23-19(7)25(29)17(5)18(6)26(23)30-9/h10-11,14,16,27,29H,12-13H2,1-9H3. The third-order valence-electron chi connectivity index (χ3n) is 5.96. The molecule has 2 aromatic carbocycles. The van der Waals surface area contributed by atoms with Gasteiger partial charge in [-0.25, -0.2) is 0 Å². The molecule has 5 heteroatoms. The van der Waals surface area contributed by atoms with E-state index in [2.05, 4.69) is 19.2 Å². The molecule has 0 saturated heterocycles. The van der Waals surface area contributed by atoms with Gasteiger partial charge in [-0.1, -0.05) is 13.8 Å². The maximum atomic E-state index is 11.9. The summed E-state index contributed by atoms with van der Waals surface area (Å²) in [4.78, 5) is 11.9. The van der Waals surface area contributed by atoms with E-state index in [0.717, 1.165) is 50.4 Å². The van der Waals surface area contributed by atoms with Crippen molar-refractivity contribution in [1.82, 2.24) is 5.32 Å². The predicted octanol–water partition coefficient (Wildman–Crippen LogP) is 5.52. The number of aromatic hydroxyl groups is 1. The Bertz CT molecular complexity index is 963. The van der Waals surface area contributed by atoms with Gasteiger partial charge in [0.05, 0.1) is 7.11 Å². The van der Waals surface area contributed by atoms with Crippen molar-refractivity contribution in [3.63, 3.8) is 0 Å². The van der Waals surface area contributed by atoms with Crippen LogP contribution in [0, 0.1) is 27.7 Å². The number of rotatable bonds is 9. The molecule has 0 bridgehead atoms. The number of aryl methyl sites for hydroxylation is 1. The van der Waals surface area contributed by atoms with Crippen molar-refractivity contribution < 1.29 is 19.4 Å². The molecule has 0 saturated carbocycles. The van der Waals surface area contributed by atoms with Crippen LogP contribution in [0.2, 0.25) is 0 Å². The molecule has 31 heavy (non-hydrogen) atoms. The highest BCUT2D eigenvalue weighted by atomic mass is 16.5. The van der Waals surface area contributed by atoms with Crippen LogP contribution in [0.25, 0.3) is 0 Å². The Morgan fingerprint density at radius 1 is 1.06 bits per heavy atom. The van der Waals surface area contributed by atoms with Crippen molar-refractivity contribution in [2.24, 2.45) is 0 Å². The second-order valence-corrected chi connectivity index (χ2v) is 8.71. The predicted molar refractivity (Wildman–Crippen MR) is 126 cm³/mol. The molecule has 2 rings (SSSR count). The van der Waals surface area contributed by atoms with Crippen molar-refractivity contribution in [1.29, 1.82) is 0 Å². The van der Waals surface area contributed by atoms with E-state index in [1.807, 2.05) is 46.8 Å². The summed E-state index contributed by atoms with van der Waals surface area (Å²) in [5.41, 5.74) is 6.31. The van der Waals surface area contributed by atoms with Gasteiger partial charge in [0, 0.05) is 24.2 Å². The van der Waals surface area contributed by atoms with E-state index >= 15 is 0 Å². The summed E-state index contributed by atoms with van der Waals surface area (Å²) >= 11 is 0.